The molecular formula is H3InO2Zn2. The SMILES string of the molecule is [InH3].[O]=[Zn].[O]=[Zn]. The van der Waals surface area contributed by atoms with Gasteiger partial charge in [0.2, 0.25) is 0 Å². The van der Waals surface area contributed by atoms with Crippen molar-refractivity contribution in [3.63, 3.8) is 0 Å². The number of hydrogen-bond donors (Lipinski definition) is 0. The summed E-state index contributed by atoms with van der Waals surface area (Å²) in [7, 11) is 0. The molecule has 0 aliphatic heterocycles. The van der Waals surface area contributed by atoms with E-state index in [0.717, 1.165) is 0 Å². The molecule has 0 aliphatic carbocycles. The molecule has 0 aliphatic rings. The fourth-order valence-corrected chi connectivity index (χ4v) is 0. The third-order valence-corrected chi connectivity index (χ3v) is 0. The molecule has 5 heteroatoms. The molecule has 0 bridgehead atoms. The van der Waals surface area contributed by atoms with Crippen LogP contribution in [0.3, 0.4) is 0 Å². The molecular weight excluding hydrogens is 278 g/mol. The van der Waals surface area contributed by atoms with Crippen LogP contribution in [0.1, 0.15) is 0 Å². The molecule has 0 N–H and O–H groups in total. The van der Waals surface area contributed by atoms with E-state index in [9.17, 15) is 0 Å². The van der Waals surface area contributed by atoms with Gasteiger partial charge in [-0.25, -0.2) is 0 Å². The summed E-state index contributed by atoms with van der Waals surface area (Å²) in [5, 5.41) is 0. The Labute approximate surface area is 68.7 Å². The van der Waals surface area contributed by atoms with Crippen molar-refractivity contribution >= 4 is 25.8 Å². The van der Waals surface area contributed by atoms with Crippen LogP contribution in [0.15, 0.2) is 0 Å². The third kappa shape index (κ3) is 26.8. The predicted octanol–water partition coefficient (Wildman–Crippen LogP) is -1.43. The summed E-state index contributed by atoms with van der Waals surface area (Å²) in [6.45, 7) is 0. The summed E-state index contributed by atoms with van der Waals surface area (Å²) in [5.41, 5.74) is 0. The van der Waals surface area contributed by atoms with Crippen molar-refractivity contribution in [2.24, 2.45) is 0 Å². The summed E-state index contributed by atoms with van der Waals surface area (Å²) in [6.07, 6.45) is 0. The monoisotopic (exact) mass is 278 g/mol. The maximum atomic E-state index is 8.38. The molecule has 5 heavy (non-hydrogen) atoms. The Balaban J connectivity index is -0.0000000133. The van der Waals surface area contributed by atoms with E-state index in [1.165, 1.54) is 0 Å². The molecule has 0 fully saturated rings. The average Bonchev–Trinajstić information content (AvgIpc) is 1.50. The van der Waals surface area contributed by atoms with Crippen molar-refractivity contribution in [1.29, 1.82) is 0 Å². The minimum atomic E-state index is 0. The fraction of sp³-hybridized carbons (Fsp3) is 0. The van der Waals surface area contributed by atoms with Crippen LogP contribution in [0.5, 0.6) is 0 Å². The second-order valence-electron chi connectivity index (χ2n) is 0. The van der Waals surface area contributed by atoms with Gasteiger partial charge >= 0.3 is 69.5 Å². The zero-order valence-electron chi connectivity index (χ0n) is 2.23. The minimum absolute atomic E-state index is 0. The van der Waals surface area contributed by atoms with E-state index < -0.39 is 0 Å². The molecule has 2 nitrogen and oxygen atoms in total. The second-order valence-corrected chi connectivity index (χ2v) is 0. The number of rotatable bonds is 0. The van der Waals surface area contributed by atoms with Gasteiger partial charge in [-0.05, 0) is 0 Å². The van der Waals surface area contributed by atoms with Gasteiger partial charge < -0.3 is 0 Å². The summed E-state index contributed by atoms with van der Waals surface area (Å²) in [5.74, 6) is 0. The molecule has 0 aromatic rings. The molecule has 0 unspecified atom stereocenters. The molecule has 22 valence electrons. The standard InChI is InChI=1S/In.2O.2Zn.3H. The van der Waals surface area contributed by atoms with Gasteiger partial charge in [0.05, 0.1) is 0 Å². The van der Waals surface area contributed by atoms with Crippen LogP contribution in [0, 0.1) is 0 Å². The van der Waals surface area contributed by atoms with E-state index in [2.05, 4.69) is 0 Å². The van der Waals surface area contributed by atoms with Gasteiger partial charge in [-0.2, -0.15) is 0 Å². The van der Waals surface area contributed by atoms with E-state index in [0.29, 0.717) is 0 Å². The summed E-state index contributed by atoms with van der Waals surface area (Å²) in [6, 6.07) is 0. The van der Waals surface area contributed by atoms with Gasteiger partial charge in [0.15, 0.2) is 0 Å². The average molecular weight is 281 g/mol. The normalized spacial score (nSPS) is 2.40. The molecule has 0 saturated heterocycles. The molecule has 0 spiro atoms. The topological polar surface area (TPSA) is 34.1 Å². The Kier molecular flexibility index (Phi) is 137. The van der Waals surface area contributed by atoms with Crippen molar-refractivity contribution in [2.45, 2.75) is 0 Å². The summed E-state index contributed by atoms with van der Waals surface area (Å²) in [4.78, 5) is 0. The van der Waals surface area contributed by atoms with Gasteiger partial charge in [0, 0.05) is 0 Å². The summed E-state index contributed by atoms with van der Waals surface area (Å²) < 4.78 is 16.8. The maximum absolute atomic E-state index is 8.38. The molecule has 0 atom stereocenters. The molecule has 0 saturated carbocycles. The van der Waals surface area contributed by atoms with Gasteiger partial charge in [-0.1, -0.05) is 0 Å². The quantitative estimate of drug-likeness (QED) is 0.510. The van der Waals surface area contributed by atoms with Crippen LogP contribution in [-0.4, -0.2) is 25.8 Å². The van der Waals surface area contributed by atoms with Crippen molar-refractivity contribution < 1.29 is 43.7 Å². The molecule has 0 radical (unpaired) electrons. The molecule has 0 aromatic carbocycles. The van der Waals surface area contributed by atoms with Gasteiger partial charge in [-0.15, -0.1) is 0 Å². The van der Waals surface area contributed by atoms with Crippen LogP contribution in [0.2, 0.25) is 0 Å². The predicted molar refractivity (Wildman–Crippen MR) is 11.3 cm³/mol. The van der Waals surface area contributed by atoms with Gasteiger partial charge in [0.1, 0.15) is 0 Å². The van der Waals surface area contributed by atoms with E-state index in [1.54, 1.807) is 0 Å². The Morgan fingerprint density at radius 2 is 0.800 bits per heavy atom. The zero-order chi connectivity index (χ0) is 4.00. The van der Waals surface area contributed by atoms with Crippen LogP contribution < -0.4 is 0 Å². The van der Waals surface area contributed by atoms with E-state index >= 15 is 0 Å². The van der Waals surface area contributed by atoms with Gasteiger partial charge in [0.25, 0.3) is 0 Å². The number of hydrogen-bond acceptors (Lipinski definition) is 2. The first-order chi connectivity index (χ1) is 2.00. The first-order valence-electron chi connectivity index (χ1n) is 0.577. The van der Waals surface area contributed by atoms with Crippen LogP contribution >= 0.6 is 0 Å². The third-order valence-electron chi connectivity index (χ3n) is 0. The Morgan fingerprint density at radius 1 is 0.800 bits per heavy atom. The van der Waals surface area contributed by atoms with Crippen LogP contribution in [-0.2, 0) is 43.7 Å². The van der Waals surface area contributed by atoms with Crippen LogP contribution in [0.4, 0.5) is 0 Å². The fourth-order valence-electron chi connectivity index (χ4n) is 0. The Hall–Kier alpha value is 1.72. The molecule has 0 rings (SSSR count). The zero-order valence-corrected chi connectivity index (χ0v) is 8.16. The second kappa shape index (κ2) is 43.2. The Bertz CT molecular complexity index is 9.61. The van der Waals surface area contributed by atoms with Crippen molar-refractivity contribution in [3.05, 3.63) is 0 Å². The first kappa shape index (κ1) is 15.9. The van der Waals surface area contributed by atoms with Crippen LogP contribution in [0.25, 0.3) is 0 Å². The Morgan fingerprint density at radius 3 is 0.800 bits per heavy atom. The molecule has 0 aromatic heterocycles. The van der Waals surface area contributed by atoms with E-state index in [-0.39, 0.29) is 62.3 Å². The molecule has 0 amide bonds. The molecule has 0 heterocycles. The van der Waals surface area contributed by atoms with E-state index in [1.807, 2.05) is 0 Å². The summed E-state index contributed by atoms with van der Waals surface area (Å²) >= 11 is 0.250. The van der Waals surface area contributed by atoms with Crippen molar-refractivity contribution in [2.75, 3.05) is 0 Å². The first-order valence-corrected chi connectivity index (χ1v) is 3.00. The van der Waals surface area contributed by atoms with Crippen molar-refractivity contribution in [3.8, 4) is 0 Å². The van der Waals surface area contributed by atoms with Gasteiger partial charge in [-0.3, -0.25) is 0 Å². The van der Waals surface area contributed by atoms with Crippen molar-refractivity contribution in [1.82, 2.24) is 0 Å². The van der Waals surface area contributed by atoms with E-state index in [4.69, 9.17) is 7.15 Å².